The van der Waals surface area contributed by atoms with Crippen LogP contribution in [0.5, 0.6) is 0 Å². The fraction of sp³-hybridized carbons (Fsp3) is 0.571. The largest absolute Gasteiger partial charge is 0.382 e. The number of hydrogen-bond acceptors (Lipinski definition) is 2. The van der Waals surface area contributed by atoms with Crippen molar-refractivity contribution in [3.05, 3.63) is 29.6 Å². The van der Waals surface area contributed by atoms with E-state index in [1.807, 2.05) is 26.0 Å². The Morgan fingerprint density at radius 3 is 2.65 bits per heavy atom. The van der Waals surface area contributed by atoms with Gasteiger partial charge < -0.3 is 10.1 Å². The van der Waals surface area contributed by atoms with Crippen molar-refractivity contribution in [1.82, 2.24) is 0 Å². The number of anilines is 1. The van der Waals surface area contributed by atoms with E-state index in [1.54, 1.807) is 6.07 Å². The maximum atomic E-state index is 13.6. The topological polar surface area (TPSA) is 21.3 Å². The van der Waals surface area contributed by atoms with E-state index in [2.05, 4.69) is 5.32 Å². The summed E-state index contributed by atoms with van der Waals surface area (Å²) in [5.74, 6) is 0.101. The molecule has 1 saturated heterocycles. The van der Waals surface area contributed by atoms with Crippen LogP contribution in [0.25, 0.3) is 0 Å². The van der Waals surface area contributed by atoms with Crippen molar-refractivity contribution < 1.29 is 9.13 Å². The number of hydrogen-bond donors (Lipinski definition) is 1. The third-order valence-electron chi connectivity index (χ3n) is 3.21. The van der Waals surface area contributed by atoms with Crippen molar-refractivity contribution in [1.29, 1.82) is 0 Å². The smallest absolute Gasteiger partial charge is 0.126 e. The lowest BCUT2D eigenvalue weighted by Crippen LogP contribution is -2.27. The predicted molar refractivity (Wildman–Crippen MR) is 68.0 cm³/mol. The number of rotatable bonds is 3. The first-order chi connectivity index (χ1) is 8.16. The van der Waals surface area contributed by atoms with Crippen molar-refractivity contribution in [2.75, 3.05) is 18.5 Å². The average molecular weight is 237 g/mol. The molecular formula is C14H20FNO. The second-order valence-electron chi connectivity index (χ2n) is 4.92. The molecule has 3 heteroatoms. The third-order valence-corrected chi connectivity index (χ3v) is 3.21. The first-order valence-electron chi connectivity index (χ1n) is 6.30. The molecule has 0 bridgehead atoms. The molecule has 0 radical (unpaired) electrons. The Morgan fingerprint density at radius 2 is 2.00 bits per heavy atom. The van der Waals surface area contributed by atoms with Crippen LogP contribution in [0.1, 0.15) is 38.2 Å². The van der Waals surface area contributed by atoms with Crippen LogP contribution >= 0.6 is 0 Å². The molecule has 17 heavy (non-hydrogen) atoms. The van der Waals surface area contributed by atoms with E-state index in [9.17, 15) is 4.39 Å². The number of nitrogens with one attached hydrogen (secondary N) is 1. The molecule has 2 rings (SSSR count). The zero-order chi connectivity index (χ0) is 12.3. The number of benzene rings is 1. The van der Waals surface area contributed by atoms with Gasteiger partial charge in [-0.2, -0.15) is 0 Å². The van der Waals surface area contributed by atoms with Gasteiger partial charge in [-0.15, -0.1) is 0 Å². The lowest BCUT2D eigenvalue weighted by atomic mass is 10.0. The van der Waals surface area contributed by atoms with Gasteiger partial charge in [-0.3, -0.25) is 0 Å². The Balaban J connectivity index is 2.07. The van der Waals surface area contributed by atoms with Gasteiger partial charge in [0, 0.05) is 24.9 Å². The molecule has 94 valence electrons. The van der Waals surface area contributed by atoms with E-state index in [4.69, 9.17) is 4.74 Å². The Labute approximate surface area is 102 Å². The molecule has 0 saturated carbocycles. The highest BCUT2D eigenvalue weighted by Crippen LogP contribution is 2.23. The van der Waals surface area contributed by atoms with Crippen LogP contribution in [-0.4, -0.2) is 19.3 Å². The van der Waals surface area contributed by atoms with Gasteiger partial charge in [-0.25, -0.2) is 4.39 Å². The molecule has 1 aromatic carbocycles. The summed E-state index contributed by atoms with van der Waals surface area (Å²) in [6.45, 7) is 5.65. The second-order valence-corrected chi connectivity index (χ2v) is 4.92. The Bertz CT molecular complexity index is 372. The second kappa shape index (κ2) is 5.50. The summed E-state index contributed by atoms with van der Waals surface area (Å²) in [4.78, 5) is 0. The van der Waals surface area contributed by atoms with Crippen molar-refractivity contribution in [2.45, 2.75) is 38.6 Å². The van der Waals surface area contributed by atoms with Gasteiger partial charge in [-0.05, 0) is 42.5 Å². The summed E-state index contributed by atoms with van der Waals surface area (Å²) in [7, 11) is 0. The van der Waals surface area contributed by atoms with Gasteiger partial charge in [0.25, 0.3) is 0 Å². The van der Waals surface area contributed by atoms with Gasteiger partial charge in [0.2, 0.25) is 0 Å². The van der Waals surface area contributed by atoms with Crippen molar-refractivity contribution in [3.63, 3.8) is 0 Å². The van der Waals surface area contributed by atoms with Gasteiger partial charge in [0.15, 0.2) is 0 Å². The van der Waals surface area contributed by atoms with E-state index in [-0.39, 0.29) is 11.7 Å². The minimum Gasteiger partial charge on any atom is -0.382 e. The molecule has 1 N–H and O–H groups in total. The molecule has 0 amide bonds. The SMILES string of the molecule is CC(C)c1cc(NC2CCOCC2)ccc1F. The molecule has 0 atom stereocenters. The van der Waals surface area contributed by atoms with Crippen molar-refractivity contribution >= 4 is 5.69 Å². The van der Waals surface area contributed by atoms with Gasteiger partial charge in [0.1, 0.15) is 5.82 Å². The maximum absolute atomic E-state index is 13.6. The first-order valence-corrected chi connectivity index (χ1v) is 6.30. The lowest BCUT2D eigenvalue weighted by Gasteiger charge is -2.24. The molecule has 0 aliphatic carbocycles. The molecule has 1 aliphatic heterocycles. The minimum atomic E-state index is -0.113. The molecule has 1 aromatic rings. The summed E-state index contributed by atoms with van der Waals surface area (Å²) < 4.78 is 18.9. The lowest BCUT2D eigenvalue weighted by molar-refractivity contribution is 0.0904. The molecule has 1 heterocycles. The maximum Gasteiger partial charge on any atom is 0.126 e. The summed E-state index contributed by atoms with van der Waals surface area (Å²) in [6, 6.07) is 5.75. The highest BCUT2D eigenvalue weighted by atomic mass is 19.1. The molecule has 0 unspecified atom stereocenters. The quantitative estimate of drug-likeness (QED) is 0.868. The zero-order valence-corrected chi connectivity index (χ0v) is 10.5. The average Bonchev–Trinajstić information content (AvgIpc) is 2.32. The van der Waals surface area contributed by atoms with Crippen LogP contribution in [-0.2, 0) is 4.74 Å². The minimum absolute atomic E-state index is 0.113. The summed E-state index contributed by atoms with van der Waals surface area (Å²) in [5, 5.41) is 3.46. The van der Waals surface area contributed by atoms with E-state index in [0.29, 0.717) is 6.04 Å². The molecule has 2 nitrogen and oxygen atoms in total. The normalized spacial score (nSPS) is 17.4. The number of ether oxygens (including phenoxy) is 1. The van der Waals surface area contributed by atoms with Crippen LogP contribution in [0.15, 0.2) is 18.2 Å². The van der Waals surface area contributed by atoms with Crippen LogP contribution in [0, 0.1) is 5.82 Å². The molecule has 0 spiro atoms. The summed E-state index contributed by atoms with van der Waals surface area (Å²) in [5.41, 5.74) is 1.80. The third kappa shape index (κ3) is 3.19. The van der Waals surface area contributed by atoms with E-state index >= 15 is 0 Å². The zero-order valence-electron chi connectivity index (χ0n) is 10.5. The van der Waals surface area contributed by atoms with Gasteiger partial charge in [-0.1, -0.05) is 13.8 Å². The predicted octanol–water partition coefficient (Wildman–Crippen LogP) is 3.54. The van der Waals surface area contributed by atoms with Gasteiger partial charge >= 0.3 is 0 Å². The summed E-state index contributed by atoms with van der Waals surface area (Å²) in [6.07, 6.45) is 2.04. The molecule has 1 aliphatic rings. The van der Waals surface area contributed by atoms with Crippen LogP contribution in [0.2, 0.25) is 0 Å². The number of halogens is 1. The Hall–Kier alpha value is -1.09. The molecule has 1 fully saturated rings. The summed E-state index contributed by atoms with van der Waals surface area (Å²) >= 11 is 0. The van der Waals surface area contributed by atoms with E-state index in [0.717, 1.165) is 37.3 Å². The molecule has 0 aromatic heterocycles. The highest BCUT2D eigenvalue weighted by molar-refractivity contribution is 5.47. The van der Waals surface area contributed by atoms with Crippen LogP contribution in [0.4, 0.5) is 10.1 Å². The van der Waals surface area contributed by atoms with E-state index in [1.165, 1.54) is 0 Å². The fourth-order valence-corrected chi connectivity index (χ4v) is 2.15. The van der Waals surface area contributed by atoms with Crippen LogP contribution in [0.3, 0.4) is 0 Å². The van der Waals surface area contributed by atoms with Crippen molar-refractivity contribution in [2.24, 2.45) is 0 Å². The molecular weight excluding hydrogens is 217 g/mol. The Kier molecular flexibility index (Phi) is 4.00. The van der Waals surface area contributed by atoms with Crippen LogP contribution < -0.4 is 5.32 Å². The first kappa shape index (κ1) is 12.4. The van der Waals surface area contributed by atoms with E-state index < -0.39 is 0 Å². The standard InChI is InChI=1S/C14H20FNO/c1-10(2)13-9-12(3-4-14(13)15)16-11-5-7-17-8-6-11/h3-4,9-11,16H,5-8H2,1-2H3. The Morgan fingerprint density at radius 1 is 1.29 bits per heavy atom. The fourth-order valence-electron chi connectivity index (χ4n) is 2.15. The van der Waals surface area contributed by atoms with Crippen molar-refractivity contribution in [3.8, 4) is 0 Å². The van der Waals surface area contributed by atoms with Gasteiger partial charge in [0.05, 0.1) is 0 Å². The highest BCUT2D eigenvalue weighted by Gasteiger charge is 2.14. The monoisotopic (exact) mass is 237 g/mol.